The molecule has 1 N–H and O–H groups in total. The van der Waals surface area contributed by atoms with Gasteiger partial charge in [0.25, 0.3) is 0 Å². The number of urea groups is 1. The van der Waals surface area contributed by atoms with Gasteiger partial charge in [-0.3, -0.25) is 0 Å². The SMILES string of the molecule is CN(C)C(=O)NN=Cc1ccc(Cl)cc1. The van der Waals surface area contributed by atoms with Crippen molar-refractivity contribution in [2.75, 3.05) is 14.1 Å². The van der Waals surface area contributed by atoms with Crippen molar-refractivity contribution in [3.8, 4) is 0 Å². The second-order valence-corrected chi connectivity index (χ2v) is 3.56. The van der Waals surface area contributed by atoms with Crippen LogP contribution in [0, 0.1) is 0 Å². The molecule has 0 aliphatic rings. The number of carbonyl (C=O) groups excluding carboxylic acids is 1. The summed E-state index contributed by atoms with van der Waals surface area (Å²) in [5.74, 6) is 0. The number of nitrogens with one attached hydrogen (secondary N) is 1. The van der Waals surface area contributed by atoms with Crippen molar-refractivity contribution in [2.45, 2.75) is 0 Å². The maximum atomic E-state index is 11.1. The van der Waals surface area contributed by atoms with Gasteiger partial charge >= 0.3 is 6.03 Å². The number of hydrogen-bond acceptors (Lipinski definition) is 2. The van der Waals surface area contributed by atoms with E-state index in [1.165, 1.54) is 4.90 Å². The van der Waals surface area contributed by atoms with Crippen molar-refractivity contribution in [3.05, 3.63) is 34.9 Å². The van der Waals surface area contributed by atoms with Crippen molar-refractivity contribution in [1.29, 1.82) is 0 Å². The summed E-state index contributed by atoms with van der Waals surface area (Å²) in [4.78, 5) is 12.5. The topological polar surface area (TPSA) is 44.7 Å². The Labute approximate surface area is 93.5 Å². The lowest BCUT2D eigenvalue weighted by Crippen LogP contribution is -2.31. The second kappa shape index (κ2) is 5.36. The zero-order valence-electron chi connectivity index (χ0n) is 8.57. The van der Waals surface area contributed by atoms with Gasteiger partial charge in [0.1, 0.15) is 0 Å². The van der Waals surface area contributed by atoms with Crippen LogP contribution in [-0.2, 0) is 0 Å². The summed E-state index contributed by atoms with van der Waals surface area (Å²) in [5, 5.41) is 4.45. The van der Waals surface area contributed by atoms with Gasteiger partial charge in [0.15, 0.2) is 0 Å². The van der Waals surface area contributed by atoms with E-state index in [2.05, 4.69) is 10.5 Å². The molecule has 0 fully saturated rings. The molecule has 1 rings (SSSR count). The second-order valence-electron chi connectivity index (χ2n) is 3.12. The predicted octanol–water partition coefficient (Wildman–Crippen LogP) is 1.95. The number of hydrogen-bond donors (Lipinski definition) is 1. The van der Waals surface area contributed by atoms with E-state index < -0.39 is 0 Å². The fourth-order valence-electron chi connectivity index (χ4n) is 0.811. The van der Waals surface area contributed by atoms with E-state index in [9.17, 15) is 4.79 Å². The number of carbonyl (C=O) groups is 1. The van der Waals surface area contributed by atoms with E-state index >= 15 is 0 Å². The number of nitrogens with zero attached hydrogens (tertiary/aromatic N) is 2. The molecular formula is C10H12ClN3O. The lowest BCUT2D eigenvalue weighted by atomic mass is 10.2. The molecule has 1 aromatic carbocycles. The molecule has 0 radical (unpaired) electrons. The van der Waals surface area contributed by atoms with Crippen LogP contribution in [0.3, 0.4) is 0 Å². The molecule has 0 aromatic heterocycles. The first-order valence-corrected chi connectivity index (χ1v) is 4.73. The van der Waals surface area contributed by atoms with Gasteiger partial charge in [-0.2, -0.15) is 5.10 Å². The first-order chi connectivity index (χ1) is 7.09. The molecule has 0 aliphatic carbocycles. The van der Waals surface area contributed by atoms with Gasteiger partial charge in [-0.15, -0.1) is 0 Å². The number of amides is 2. The third kappa shape index (κ3) is 3.99. The van der Waals surface area contributed by atoms with Gasteiger partial charge < -0.3 is 4.90 Å². The first-order valence-electron chi connectivity index (χ1n) is 4.35. The number of rotatable bonds is 2. The van der Waals surface area contributed by atoms with Crippen molar-refractivity contribution < 1.29 is 4.79 Å². The van der Waals surface area contributed by atoms with E-state index in [0.29, 0.717) is 5.02 Å². The summed E-state index contributed by atoms with van der Waals surface area (Å²) in [6.45, 7) is 0. The van der Waals surface area contributed by atoms with Crippen molar-refractivity contribution in [3.63, 3.8) is 0 Å². The Bertz CT molecular complexity index is 359. The van der Waals surface area contributed by atoms with Gasteiger partial charge in [-0.25, -0.2) is 10.2 Å². The fourth-order valence-corrected chi connectivity index (χ4v) is 0.937. The van der Waals surface area contributed by atoms with Crippen LogP contribution < -0.4 is 5.43 Å². The summed E-state index contributed by atoms with van der Waals surface area (Å²) in [7, 11) is 3.29. The van der Waals surface area contributed by atoms with Gasteiger partial charge in [0.05, 0.1) is 6.21 Å². The van der Waals surface area contributed by atoms with Gasteiger partial charge in [0, 0.05) is 19.1 Å². The molecule has 80 valence electrons. The number of halogens is 1. The molecule has 0 unspecified atom stereocenters. The maximum absolute atomic E-state index is 11.1. The van der Waals surface area contributed by atoms with Gasteiger partial charge in [0.2, 0.25) is 0 Å². The minimum Gasteiger partial charge on any atom is -0.329 e. The van der Waals surface area contributed by atoms with Crippen LogP contribution in [-0.4, -0.2) is 31.2 Å². The Morgan fingerprint density at radius 3 is 2.53 bits per heavy atom. The average molecular weight is 226 g/mol. The van der Waals surface area contributed by atoms with Crippen LogP contribution in [0.15, 0.2) is 29.4 Å². The van der Waals surface area contributed by atoms with Crippen LogP contribution >= 0.6 is 11.6 Å². The molecule has 0 heterocycles. The highest BCUT2D eigenvalue weighted by Crippen LogP contribution is 2.07. The zero-order chi connectivity index (χ0) is 11.3. The van der Waals surface area contributed by atoms with E-state index in [1.807, 2.05) is 12.1 Å². The number of benzene rings is 1. The average Bonchev–Trinajstić information content (AvgIpc) is 2.20. The van der Waals surface area contributed by atoms with E-state index in [-0.39, 0.29) is 6.03 Å². The largest absolute Gasteiger partial charge is 0.337 e. The molecule has 4 nitrogen and oxygen atoms in total. The normalized spacial score (nSPS) is 10.3. The lowest BCUT2D eigenvalue weighted by Gasteiger charge is -2.07. The molecule has 2 amide bonds. The summed E-state index contributed by atoms with van der Waals surface area (Å²) in [6, 6.07) is 6.88. The quantitative estimate of drug-likeness (QED) is 0.607. The minimum atomic E-state index is -0.264. The molecule has 1 aromatic rings. The molecule has 5 heteroatoms. The lowest BCUT2D eigenvalue weighted by molar-refractivity contribution is 0.218. The summed E-state index contributed by atoms with van der Waals surface area (Å²) in [6.07, 6.45) is 1.55. The minimum absolute atomic E-state index is 0.264. The van der Waals surface area contributed by atoms with Crippen LogP contribution in [0.1, 0.15) is 5.56 Å². The van der Waals surface area contributed by atoms with Gasteiger partial charge in [-0.05, 0) is 17.7 Å². The fraction of sp³-hybridized carbons (Fsp3) is 0.200. The molecule has 0 bridgehead atoms. The highest BCUT2D eigenvalue weighted by atomic mass is 35.5. The smallest absolute Gasteiger partial charge is 0.329 e. The van der Waals surface area contributed by atoms with E-state index in [4.69, 9.17) is 11.6 Å². The van der Waals surface area contributed by atoms with E-state index in [0.717, 1.165) is 5.56 Å². The number of hydrazone groups is 1. The van der Waals surface area contributed by atoms with Crippen LogP contribution in [0.25, 0.3) is 0 Å². The molecular weight excluding hydrogens is 214 g/mol. The highest BCUT2D eigenvalue weighted by molar-refractivity contribution is 6.30. The molecule has 0 saturated carbocycles. The summed E-state index contributed by atoms with van der Waals surface area (Å²) >= 11 is 5.72. The van der Waals surface area contributed by atoms with Crippen molar-refractivity contribution >= 4 is 23.8 Å². The Morgan fingerprint density at radius 1 is 1.40 bits per heavy atom. The van der Waals surface area contributed by atoms with Crippen LogP contribution in [0.5, 0.6) is 0 Å². The third-order valence-corrected chi connectivity index (χ3v) is 1.90. The first kappa shape index (κ1) is 11.5. The van der Waals surface area contributed by atoms with Crippen LogP contribution in [0.4, 0.5) is 4.79 Å². The van der Waals surface area contributed by atoms with Crippen molar-refractivity contribution in [1.82, 2.24) is 10.3 Å². The standard InChI is InChI=1S/C10H12ClN3O/c1-14(2)10(15)13-12-7-8-3-5-9(11)6-4-8/h3-7H,1-2H3,(H,13,15). The van der Waals surface area contributed by atoms with Gasteiger partial charge in [-0.1, -0.05) is 23.7 Å². The third-order valence-electron chi connectivity index (χ3n) is 1.65. The predicted molar refractivity (Wildman–Crippen MR) is 61.3 cm³/mol. The van der Waals surface area contributed by atoms with E-state index in [1.54, 1.807) is 32.4 Å². The van der Waals surface area contributed by atoms with Crippen molar-refractivity contribution in [2.24, 2.45) is 5.10 Å². The molecule has 0 saturated heterocycles. The Balaban J connectivity index is 2.51. The monoisotopic (exact) mass is 225 g/mol. The van der Waals surface area contributed by atoms with Crippen LogP contribution in [0.2, 0.25) is 5.02 Å². The highest BCUT2D eigenvalue weighted by Gasteiger charge is 1.98. The molecule has 0 spiro atoms. The Morgan fingerprint density at radius 2 is 2.00 bits per heavy atom. The maximum Gasteiger partial charge on any atom is 0.337 e. The Hall–Kier alpha value is -1.55. The molecule has 15 heavy (non-hydrogen) atoms. The molecule has 0 aliphatic heterocycles. The summed E-state index contributed by atoms with van der Waals surface area (Å²) < 4.78 is 0. The summed E-state index contributed by atoms with van der Waals surface area (Å²) in [5.41, 5.74) is 3.24. The Kier molecular flexibility index (Phi) is 4.12. The zero-order valence-corrected chi connectivity index (χ0v) is 9.32. The molecule has 0 atom stereocenters.